The van der Waals surface area contributed by atoms with E-state index < -0.39 is 0 Å². The van der Waals surface area contributed by atoms with Gasteiger partial charge in [-0.1, -0.05) is 0 Å². The van der Waals surface area contributed by atoms with Crippen molar-refractivity contribution in [1.29, 1.82) is 5.26 Å². The van der Waals surface area contributed by atoms with Gasteiger partial charge in [0.2, 0.25) is 5.88 Å². The van der Waals surface area contributed by atoms with E-state index in [1.807, 2.05) is 6.07 Å². The number of benzene rings is 1. The molecule has 0 radical (unpaired) electrons. The fraction of sp³-hybridized carbons (Fsp3) is 0.381. The highest BCUT2D eigenvalue weighted by atomic mass is 16.5. The van der Waals surface area contributed by atoms with E-state index in [1.165, 1.54) is 0 Å². The predicted molar refractivity (Wildman–Crippen MR) is 111 cm³/mol. The fourth-order valence-electron chi connectivity index (χ4n) is 3.90. The van der Waals surface area contributed by atoms with Crippen LogP contribution in [0.1, 0.15) is 12.0 Å². The van der Waals surface area contributed by atoms with Crippen molar-refractivity contribution in [3.05, 3.63) is 42.4 Å². The summed E-state index contributed by atoms with van der Waals surface area (Å²) in [5, 5.41) is 18.3. The summed E-state index contributed by atoms with van der Waals surface area (Å²) in [6.45, 7) is 4.47. The lowest BCUT2D eigenvalue weighted by Crippen LogP contribution is -2.47. The van der Waals surface area contributed by atoms with Gasteiger partial charge in [-0.15, -0.1) is 5.10 Å². The maximum atomic E-state index is 9.32. The first-order valence-corrected chi connectivity index (χ1v) is 10.0. The van der Waals surface area contributed by atoms with Gasteiger partial charge in [0.15, 0.2) is 5.82 Å². The lowest BCUT2D eigenvalue weighted by atomic mass is 10.1. The minimum Gasteiger partial charge on any atom is -0.471 e. The molecule has 1 unspecified atom stereocenters. The van der Waals surface area contributed by atoms with Gasteiger partial charge in [-0.2, -0.15) is 10.4 Å². The highest BCUT2D eigenvalue weighted by Gasteiger charge is 2.22. The molecule has 2 saturated heterocycles. The summed E-state index contributed by atoms with van der Waals surface area (Å²) >= 11 is 0. The Morgan fingerprint density at radius 2 is 1.97 bits per heavy atom. The van der Waals surface area contributed by atoms with Crippen molar-refractivity contribution in [2.24, 2.45) is 0 Å². The first-order valence-electron chi connectivity index (χ1n) is 10.0. The predicted octanol–water partition coefficient (Wildman–Crippen LogP) is 1.79. The molecule has 2 aromatic heterocycles. The van der Waals surface area contributed by atoms with Gasteiger partial charge in [-0.3, -0.25) is 0 Å². The van der Waals surface area contributed by atoms with Crippen molar-refractivity contribution in [1.82, 2.24) is 20.2 Å². The number of fused-ring (bicyclic) bond motifs is 1. The molecular weight excluding hydrogens is 382 g/mol. The molecule has 3 aromatic rings. The maximum absolute atomic E-state index is 9.32. The lowest BCUT2D eigenvalue weighted by Gasteiger charge is -2.36. The number of anilines is 2. The zero-order valence-electron chi connectivity index (χ0n) is 16.4. The van der Waals surface area contributed by atoms with Gasteiger partial charge in [0, 0.05) is 38.3 Å². The maximum Gasteiger partial charge on any atom is 0.224 e. The first kappa shape index (κ1) is 18.5. The Labute approximate surface area is 173 Å². The average molecular weight is 403 g/mol. The third-order valence-electron chi connectivity index (χ3n) is 5.51. The molecule has 1 atom stereocenters. The Balaban J connectivity index is 1.35. The van der Waals surface area contributed by atoms with E-state index in [0.29, 0.717) is 23.9 Å². The van der Waals surface area contributed by atoms with E-state index in [9.17, 15) is 5.26 Å². The molecular formula is C21H21N7O2. The van der Waals surface area contributed by atoms with E-state index in [2.05, 4.69) is 48.2 Å². The summed E-state index contributed by atoms with van der Waals surface area (Å²) < 4.78 is 11.5. The van der Waals surface area contributed by atoms with Crippen LogP contribution in [-0.4, -0.2) is 65.7 Å². The largest absolute Gasteiger partial charge is 0.471 e. The molecule has 9 nitrogen and oxygen atoms in total. The summed E-state index contributed by atoms with van der Waals surface area (Å²) in [7, 11) is 0. The molecule has 2 fully saturated rings. The second-order valence-corrected chi connectivity index (χ2v) is 7.34. The number of aromatic nitrogens is 4. The van der Waals surface area contributed by atoms with Crippen LogP contribution in [0.2, 0.25) is 0 Å². The molecule has 0 bridgehead atoms. The van der Waals surface area contributed by atoms with Gasteiger partial charge in [-0.05, 0) is 24.3 Å². The molecule has 2 aliphatic rings. The van der Waals surface area contributed by atoms with Gasteiger partial charge in [-0.25, -0.2) is 9.97 Å². The fourth-order valence-corrected chi connectivity index (χ4v) is 3.90. The highest BCUT2D eigenvalue weighted by Crippen LogP contribution is 2.29. The Hall–Kier alpha value is -3.51. The van der Waals surface area contributed by atoms with Gasteiger partial charge < -0.3 is 19.3 Å². The number of nitriles is 1. The lowest BCUT2D eigenvalue weighted by molar-refractivity contribution is 0.139. The smallest absolute Gasteiger partial charge is 0.224 e. The number of hydrogen-bond donors (Lipinski definition) is 0. The van der Waals surface area contributed by atoms with Crippen molar-refractivity contribution in [2.75, 3.05) is 49.2 Å². The first-order chi connectivity index (χ1) is 14.8. The number of ether oxygens (including phenoxy) is 2. The van der Waals surface area contributed by atoms with Crippen LogP contribution >= 0.6 is 0 Å². The van der Waals surface area contributed by atoms with Crippen LogP contribution < -0.4 is 14.5 Å². The topological polar surface area (TPSA) is 100 Å². The Morgan fingerprint density at radius 1 is 1.10 bits per heavy atom. The molecule has 0 amide bonds. The van der Waals surface area contributed by atoms with E-state index in [1.54, 1.807) is 18.6 Å². The molecule has 0 saturated carbocycles. The molecule has 152 valence electrons. The zero-order valence-corrected chi connectivity index (χ0v) is 16.4. The second-order valence-electron chi connectivity index (χ2n) is 7.34. The SMILES string of the molecule is N#Cc1ccnnc1N1CCN(c2ccc3ncnc(OC4CCOC4)c3c2)CC1. The van der Waals surface area contributed by atoms with Crippen LogP contribution in [0, 0.1) is 11.3 Å². The molecule has 1 aromatic carbocycles. The van der Waals surface area contributed by atoms with Gasteiger partial charge in [0.05, 0.1) is 35.9 Å². The minimum atomic E-state index is 0.0385. The van der Waals surface area contributed by atoms with Gasteiger partial charge >= 0.3 is 0 Å². The molecule has 9 heteroatoms. The van der Waals surface area contributed by atoms with Crippen LogP contribution in [0.15, 0.2) is 36.8 Å². The molecule has 0 N–H and O–H groups in total. The van der Waals surface area contributed by atoms with Crippen LogP contribution in [0.3, 0.4) is 0 Å². The number of rotatable bonds is 4. The van der Waals surface area contributed by atoms with E-state index in [4.69, 9.17) is 9.47 Å². The molecule has 30 heavy (non-hydrogen) atoms. The standard InChI is InChI=1S/C21H21N7O2/c22-12-15-3-5-25-26-20(15)28-8-6-27(7-9-28)16-1-2-19-18(11-16)21(24-14-23-19)30-17-4-10-29-13-17/h1-3,5,11,14,17H,4,6-10,13H2. The van der Waals surface area contributed by atoms with Gasteiger partial charge in [0.25, 0.3) is 0 Å². The molecule has 2 aliphatic heterocycles. The summed E-state index contributed by atoms with van der Waals surface area (Å²) in [5.74, 6) is 1.26. The highest BCUT2D eigenvalue weighted by molar-refractivity contribution is 5.86. The summed E-state index contributed by atoms with van der Waals surface area (Å²) in [5.41, 5.74) is 2.52. The second kappa shape index (κ2) is 8.08. The van der Waals surface area contributed by atoms with Gasteiger partial charge in [0.1, 0.15) is 18.5 Å². The third kappa shape index (κ3) is 3.57. The van der Waals surface area contributed by atoms with E-state index in [0.717, 1.165) is 55.8 Å². The summed E-state index contributed by atoms with van der Waals surface area (Å²) in [6, 6.07) is 10.1. The van der Waals surface area contributed by atoms with E-state index in [-0.39, 0.29) is 6.10 Å². The number of hydrogen-bond acceptors (Lipinski definition) is 9. The molecule has 0 spiro atoms. The Morgan fingerprint density at radius 3 is 2.77 bits per heavy atom. The Bertz CT molecular complexity index is 1090. The van der Waals surface area contributed by atoms with Crippen molar-refractivity contribution in [2.45, 2.75) is 12.5 Å². The molecule has 0 aliphatic carbocycles. The van der Waals surface area contributed by atoms with Crippen molar-refractivity contribution in [3.8, 4) is 11.9 Å². The van der Waals surface area contributed by atoms with Crippen molar-refractivity contribution in [3.63, 3.8) is 0 Å². The molecule has 4 heterocycles. The number of piperazine rings is 1. The zero-order chi connectivity index (χ0) is 20.3. The third-order valence-corrected chi connectivity index (χ3v) is 5.51. The summed E-state index contributed by atoms with van der Waals surface area (Å²) in [4.78, 5) is 13.2. The normalized spacial score (nSPS) is 19.1. The van der Waals surface area contributed by atoms with Crippen LogP contribution in [0.25, 0.3) is 10.9 Å². The van der Waals surface area contributed by atoms with Crippen molar-refractivity contribution >= 4 is 22.4 Å². The van der Waals surface area contributed by atoms with E-state index >= 15 is 0 Å². The quantitative estimate of drug-likeness (QED) is 0.645. The van der Waals surface area contributed by atoms with Crippen LogP contribution in [0.4, 0.5) is 11.5 Å². The average Bonchev–Trinajstić information content (AvgIpc) is 3.32. The monoisotopic (exact) mass is 403 g/mol. The Kier molecular flexibility index (Phi) is 4.99. The minimum absolute atomic E-state index is 0.0385. The summed E-state index contributed by atoms with van der Waals surface area (Å²) in [6.07, 6.45) is 4.00. The number of nitrogens with zero attached hydrogens (tertiary/aromatic N) is 7. The molecule has 5 rings (SSSR count). The van der Waals surface area contributed by atoms with Crippen LogP contribution in [-0.2, 0) is 4.74 Å². The van der Waals surface area contributed by atoms with Crippen molar-refractivity contribution < 1.29 is 9.47 Å². The van der Waals surface area contributed by atoms with Crippen LogP contribution in [0.5, 0.6) is 5.88 Å².